The molecule has 2 heterocycles. The highest BCUT2D eigenvalue weighted by Crippen LogP contribution is 2.12. The van der Waals surface area contributed by atoms with E-state index in [9.17, 15) is 4.79 Å². The molecule has 0 aliphatic carbocycles. The van der Waals surface area contributed by atoms with Crippen LogP contribution in [0.25, 0.3) is 0 Å². The summed E-state index contributed by atoms with van der Waals surface area (Å²) in [6.07, 6.45) is 2.77. The third kappa shape index (κ3) is 2.79. The van der Waals surface area contributed by atoms with E-state index in [1.807, 2.05) is 0 Å². The molecule has 1 aliphatic heterocycles. The minimum absolute atomic E-state index is 0.105. The third-order valence-electron chi connectivity index (χ3n) is 2.25. The second-order valence-electron chi connectivity index (χ2n) is 3.41. The molecule has 0 radical (unpaired) electrons. The molecule has 2 rings (SSSR count). The summed E-state index contributed by atoms with van der Waals surface area (Å²) in [5.74, 6) is 0.796. The molecule has 1 unspecified atom stereocenters. The van der Waals surface area contributed by atoms with Gasteiger partial charge in [0.1, 0.15) is 17.3 Å². The summed E-state index contributed by atoms with van der Waals surface area (Å²) in [5, 5.41) is 6.39. The number of aromatic nitrogens is 2. The molecule has 2 N–H and O–H groups in total. The van der Waals surface area contributed by atoms with E-state index in [4.69, 9.17) is 11.6 Å². The van der Waals surface area contributed by atoms with Crippen molar-refractivity contribution in [3.05, 3.63) is 17.5 Å². The zero-order valence-corrected chi connectivity index (χ0v) is 8.79. The number of anilines is 1. The maximum atomic E-state index is 10.9. The van der Waals surface area contributed by atoms with Crippen LogP contribution in [0, 0.1) is 0 Å². The summed E-state index contributed by atoms with van der Waals surface area (Å²) < 4.78 is 0. The molecule has 1 amide bonds. The highest BCUT2D eigenvalue weighted by Gasteiger charge is 2.17. The Morgan fingerprint density at radius 3 is 3.07 bits per heavy atom. The van der Waals surface area contributed by atoms with Gasteiger partial charge in [-0.05, 0) is 6.42 Å². The first kappa shape index (κ1) is 10.2. The predicted molar refractivity (Wildman–Crippen MR) is 56.7 cm³/mol. The Hall–Kier alpha value is -1.36. The lowest BCUT2D eigenvalue weighted by Crippen LogP contribution is -2.42. The summed E-state index contributed by atoms with van der Waals surface area (Å²) >= 11 is 5.72. The lowest BCUT2D eigenvalue weighted by molar-refractivity contribution is -0.122. The highest BCUT2D eigenvalue weighted by atomic mass is 35.5. The van der Waals surface area contributed by atoms with Crippen molar-refractivity contribution >= 4 is 23.3 Å². The average Bonchev–Trinajstić information content (AvgIpc) is 2.22. The Kier molecular flexibility index (Phi) is 3.01. The number of carbonyl (C=O) groups is 1. The summed E-state index contributed by atoms with van der Waals surface area (Å²) in [4.78, 5) is 18.8. The molecule has 1 saturated heterocycles. The Morgan fingerprint density at radius 1 is 1.53 bits per heavy atom. The van der Waals surface area contributed by atoms with Gasteiger partial charge in [-0.15, -0.1) is 0 Å². The number of halogens is 1. The van der Waals surface area contributed by atoms with E-state index >= 15 is 0 Å². The third-order valence-corrected chi connectivity index (χ3v) is 2.46. The Bertz CT molecular complexity index is 361. The van der Waals surface area contributed by atoms with Crippen molar-refractivity contribution < 1.29 is 4.79 Å². The van der Waals surface area contributed by atoms with Gasteiger partial charge < -0.3 is 10.6 Å². The maximum absolute atomic E-state index is 10.9. The van der Waals surface area contributed by atoms with Crippen molar-refractivity contribution in [2.75, 3.05) is 11.9 Å². The van der Waals surface area contributed by atoms with Gasteiger partial charge in [0.15, 0.2) is 0 Å². The van der Waals surface area contributed by atoms with Crippen molar-refractivity contribution in [1.82, 2.24) is 15.3 Å². The molecule has 80 valence electrons. The van der Waals surface area contributed by atoms with E-state index in [0.29, 0.717) is 23.9 Å². The van der Waals surface area contributed by atoms with Crippen LogP contribution in [-0.2, 0) is 4.79 Å². The fourth-order valence-electron chi connectivity index (χ4n) is 1.48. The number of nitrogens with zero attached hydrogens (tertiary/aromatic N) is 2. The molecular weight excluding hydrogens is 216 g/mol. The molecule has 0 aromatic carbocycles. The Morgan fingerprint density at radius 2 is 2.40 bits per heavy atom. The van der Waals surface area contributed by atoms with Crippen molar-refractivity contribution in [3.63, 3.8) is 0 Å². The van der Waals surface area contributed by atoms with Crippen LogP contribution >= 0.6 is 11.6 Å². The molecule has 0 saturated carbocycles. The van der Waals surface area contributed by atoms with Gasteiger partial charge in [-0.3, -0.25) is 4.79 Å². The first-order valence-electron chi connectivity index (χ1n) is 4.75. The fourth-order valence-corrected chi connectivity index (χ4v) is 1.62. The van der Waals surface area contributed by atoms with Gasteiger partial charge in [0, 0.05) is 25.1 Å². The molecule has 1 aliphatic rings. The largest absolute Gasteiger partial charge is 0.365 e. The van der Waals surface area contributed by atoms with Gasteiger partial charge in [-0.2, -0.15) is 0 Å². The number of carbonyl (C=O) groups excluding carboxylic acids is 1. The van der Waals surface area contributed by atoms with Crippen LogP contribution in [0.4, 0.5) is 5.82 Å². The topological polar surface area (TPSA) is 66.9 Å². The van der Waals surface area contributed by atoms with Crippen LogP contribution in [0.3, 0.4) is 0 Å². The fraction of sp³-hybridized carbons (Fsp3) is 0.444. The second-order valence-corrected chi connectivity index (χ2v) is 3.80. The number of piperidine rings is 1. The first-order chi connectivity index (χ1) is 7.24. The smallest absolute Gasteiger partial charge is 0.220 e. The average molecular weight is 227 g/mol. The van der Waals surface area contributed by atoms with Gasteiger partial charge in [-0.25, -0.2) is 9.97 Å². The van der Waals surface area contributed by atoms with E-state index in [-0.39, 0.29) is 11.9 Å². The molecule has 0 bridgehead atoms. The summed E-state index contributed by atoms with van der Waals surface area (Å²) in [6.45, 7) is 0.625. The number of amides is 1. The molecule has 1 aromatic rings. The van der Waals surface area contributed by atoms with Gasteiger partial charge >= 0.3 is 0 Å². The van der Waals surface area contributed by atoms with Crippen LogP contribution in [0.15, 0.2) is 12.4 Å². The molecule has 0 spiro atoms. The quantitative estimate of drug-likeness (QED) is 0.733. The van der Waals surface area contributed by atoms with E-state index in [1.54, 1.807) is 6.07 Å². The molecule has 1 fully saturated rings. The molecule has 1 atom stereocenters. The Labute approximate surface area is 92.3 Å². The summed E-state index contributed by atoms with van der Waals surface area (Å²) in [7, 11) is 0. The van der Waals surface area contributed by atoms with Crippen molar-refractivity contribution in [3.8, 4) is 0 Å². The molecule has 6 heteroatoms. The number of hydrogen-bond donors (Lipinski definition) is 2. The minimum atomic E-state index is 0.105. The molecule has 15 heavy (non-hydrogen) atoms. The van der Waals surface area contributed by atoms with E-state index in [1.165, 1.54) is 6.33 Å². The second kappa shape index (κ2) is 4.44. The zero-order valence-electron chi connectivity index (χ0n) is 8.03. The maximum Gasteiger partial charge on any atom is 0.220 e. The minimum Gasteiger partial charge on any atom is -0.365 e. The van der Waals surface area contributed by atoms with E-state index in [2.05, 4.69) is 20.6 Å². The Balaban J connectivity index is 1.94. The summed E-state index contributed by atoms with van der Waals surface area (Å²) in [6, 6.07) is 1.88. The van der Waals surface area contributed by atoms with Gasteiger partial charge in [-0.1, -0.05) is 11.6 Å². The van der Waals surface area contributed by atoms with Crippen LogP contribution in [0.5, 0.6) is 0 Å². The number of nitrogens with one attached hydrogen (secondary N) is 2. The summed E-state index contributed by atoms with van der Waals surface area (Å²) in [5.41, 5.74) is 0. The van der Waals surface area contributed by atoms with E-state index in [0.717, 1.165) is 6.42 Å². The molecular formula is C9H11ClN4O. The van der Waals surface area contributed by atoms with Crippen LogP contribution in [0.1, 0.15) is 12.8 Å². The number of rotatable bonds is 2. The lowest BCUT2D eigenvalue weighted by Gasteiger charge is -2.23. The van der Waals surface area contributed by atoms with Crippen molar-refractivity contribution in [1.29, 1.82) is 0 Å². The molecule has 5 nitrogen and oxygen atoms in total. The van der Waals surface area contributed by atoms with Crippen molar-refractivity contribution in [2.45, 2.75) is 18.9 Å². The van der Waals surface area contributed by atoms with Crippen LogP contribution in [0.2, 0.25) is 5.15 Å². The van der Waals surface area contributed by atoms with Gasteiger partial charge in [0.05, 0.1) is 0 Å². The zero-order chi connectivity index (χ0) is 10.7. The molecule has 1 aromatic heterocycles. The highest BCUT2D eigenvalue weighted by molar-refractivity contribution is 6.29. The van der Waals surface area contributed by atoms with Gasteiger partial charge in [0.2, 0.25) is 5.91 Å². The van der Waals surface area contributed by atoms with Crippen LogP contribution in [-0.4, -0.2) is 28.5 Å². The SMILES string of the molecule is O=C1CCC(Nc2cc(Cl)ncn2)CN1. The van der Waals surface area contributed by atoms with Crippen LogP contribution < -0.4 is 10.6 Å². The standard InChI is InChI=1S/C9H11ClN4O/c10-7-3-8(13-5-12-7)14-6-1-2-9(15)11-4-6/h3,5-6H,1-2,4H2,(H,11,15)(H,12,13,14). The first-order valence-corrected chi connectivity index (χ1v) is 5.12. The number of hydrogen-bond acceptors (Lipinski definition) is 4. The normalized spacial score (nSPS) is 20.9. The lowest BCUT2D eigenvalue weighted by atomic mass is 10.1. The monoisotopic (exact) mass is 226 g/mol. The van der Waals surface area contributed by atoms with Gasteiger partial charge in [0.25, 0.3) is 0 Å². The predicted octanol–water partition coefficient (Wildman–Crippen LogP) is 0.820. The van der Waals surface area contributed by atoms with E-state index < -0.39 is 0 Å². The van der Waals surface area contributed by atoms with Crippen molar-refractivity contribution in [2.24, 2.45) is 0 Å².